The molecule has 12 heavy (non-hydrogen) atoms. The van der Waals surface area contributed by atoms with Crippen molar-refractivity contribution in [2.45, 2.75) is 49.7 Å². The summed E-state index contributed by atoms with van der Waals surface area (Å²) in [7, 11) is 0. The Morgan fingerprint density at radius 2 is 1.92 bits per heavy atom. The van der Waals surface area contributed by atoms with Crippen LogP contribution in [0.5, 0.6) is 0 Å². The lowest BCUT2D eigenvalue weighted by atomic mass is 9.87. The van der Waals surface area contributed by atoms with E-state index < -0.39 is 0 Å². The van der Waals surface area contributed by atoms with Gasteiger partial charge in [0.25, 0.3) is 0 Å². The van der Waals surface area contributed by atoms with Crippen molar-refractivity contribution >= 4 is 11.8 Å². The van der Waals surface area contributed by atoms with Crippen LogP contribution in [0.4, 0.5) is 0 Å². The Labute approximate surface area is 79.7 Å². The second-order valence-electron chi connectivity index (χ2n) is 4.49. The minimum Gasteiger partial charge on any atom is -0.302 e. The molecular formula is C10H19NS. The van der Waals surface area contributed by atoms with E-state index in [9.17, 15) is 0 Å². The van der Waals surface area contributed by atoms with E-state index in [0.29, 0.717) is 4.87 Å². The summed E-state index contributed by atoms with van der Waals surface area (Å²) in [6, 6.07) is 0. The molecule has 2 rings (SSSR count). The summed E-state index contributed by atoms with van der Waals surface area (Å²) >= 11 is 2.18. The van der Waals surface area contributed by atoms with Gasteiger partial charge in [-0.3, -0.25) is 0 Å². The largest absolute Gasteiger partial charge is 0.302 e. The van der Waals surface area contributed by atoms with Crippen molar-refractivity contribution in [1.29, 1.82) is 0 Å². The standard InChI is InChI=1S/C10H19NS/c1-8-3-5-10(6-4-8)11-7-9(2)12-10/h8-9,11H,3-7H2,1-2H3. The lowest BCUT2D eigenvalue weighted by Crippen LogP contribution is -2.40. The number of hydrogen-bond acceptors (Lipinski definition) is 2. The first kappa shape index (κ1) is 8.89. The maximum absolute atomic E-state index is 3.71. The van der Waals surface area contributed by atoms with Crippen LogP contribution in [-0.2, 0) is 0 Å². The summed E-state index contributed by atoms with van der Waals surface area (Å²) in [4.78, 5) is 0.492. The lowest BCUT2D eigenvalue weighted by molar-refractivity contribution is 0.292. The van der Waals surface area contributed by atoms with E-state index in [1.165, 1.54) is 32.2 Å². The highest BCUT2D eigenvalue weighted by molar-refractivity contribution is 8.01. The third-order valence-corrected chi connectivity index (χ3v) is 4.79. The van der Waals surface area contributed by atoms with Gasteiger partial charge in [0.05, 0.1) is 4.87 Å². The van der Waals surface area contributed by atoms with Gasteiger partial charge in [0, 0.05) is 11.8 Å². The van der Waals surface area contributed by atoms with Crippen molar-refractivity contribution in [1.82, 2.24) is 5.32 Å². The van der Waals surface area contributed by atoms with Gasteiger partial charge in [0.15, 0.2) is 0 Å². The van der Waals surface area contributed by atoms with Gasteiger partial charge in [-0.15, -0.1) is 11.8 Å². The SMILES string of the molecule is CC1CCC2(CC1)NCC(C)S2. The van der Waals surface area contributed by atoms with Crippen LogP contribution < -0.4 is 5.32 Å². The topological polar surface area (TPSA) is 12.0 Å². The van der Waals surface area contributed by atoms with E-state index in [1.807, 2.05) is 0 Å². The average Bonchev–Trinajstić information content (AvgIpc) is 2.40. The minimum atomic E-state index is 0.492. The van der Waals surface area contributed by atoms with Crippen LogP contribution in [0.25, 0.3) is 0 Å². The molecule has 1 unspecified atom stereocenters. The second kappa shape index (κ2) is 3.22. The van der Waals surface area contributed by atoms with Gasteiger partial charge in [-0.2, -0.15) is 0 Å². The Balaban J connectivity index is 1.95. The molecule has 1 nitrogen and oxygen atoms in total. The van der Waals surface area contributed by atoms with Gasteiger partial charge in [-0.25, -0.2) is 0 Å². The molecule has 1 saturated heterocycles. The molecule has 0 bridgehead atoms. The monoisotopic (exact) mass is 185 g/mol. The first-order valence-corrected chi connectivity index (χ1v) is 6.01. The van der Waals surface area contributed by atoms with Gasteiger partial charge in [-0.1, -0.05) is 13.8 Å². The predicted octanol–water partition coefficient (Wildman–Crippen LogP) is 2.62. The van der Waals surface area contributed by atoms with E-state index in [1.54, 1.807) is 0 Å². The number of hydrogen-bond donors (Lipinski definition) is 1. The third kappa shape index (κ3) is 1.64. The van der Waals surface area contributed by atoms with Gasteiger partial charge < -0.3 is 5.32 Å². The Morgan fingerprint density at radius 3 is 2.42 bits per heavy atom. The van der Waals surface area contributed by atoms with Crippen molar-refractivity contribution in [3.8, 4) is 0 Å². The Bertz CT molecular complexity index is 161. The normalized spacial score (nSPS) is 48.5. The number of thioether (sulfide) groups is 1. The fraction of sp³-hybridized carbons (Fsp3) is 1.00. The van der Waals surface area contributed by atoms with E-state index in [2.05, 4.69) is 30.9 Å². The molecule has 1 saturated carbocycles. The molecule has 1 aliphatic heterocycles. The Kier molecular flexibility index (Phi) is 2.39. The van der Waals surface area contributed by atoms with Crippen molar-refractivity contribution in [2.75, 3.05) is 6.54 Å². The Morgan fingerprint density at radius 1 is 1.25 bits per heavy atom. The van der Waals surface area contributed by atoms with E-state index in [0.717, 1.165) is 11.2 Å². The highest BCUT2D eigenvalue weighted by atomic mass is 32.2. The molecule has 1 atom stereocenters. The highest BCUT2D eigenvalue weighted by Crippen LogP contribution is 2.44. The van der Waals surface area contributed by atoms with E-state index in [4.69, 9.17) is 0 Å². The van der Waals surface area contributed by atoms with Crippen molar-refractivity contribution in [3.05, 3.63) is 0 Å². The lowest BCUT2D eigenvalue weighted by Gasteiger charge is -2.35. The average molecular weight is 185 g/mol. The zero-order chi connectivity index (χ0) is 8.60. The maximum Gasteiger partial charge on any atom is 0.0648 e. The fourth-order valence-electron chi connectivity index (χ4n) is 2.32. The number of rotatable bonds is 0. The summed E-state index contributed by atoms with van der Waals surface area (Å²) in [5.41, 5.74) is 0. The zero-order valence-electron chi connectivity index (χ0n) is 8.10. The van der Waals surface area contributed by atoms with Crippen molar-refractivity contribution in [2.24, 2.45) is 5.92 Å². The summed E-state index contributed by atoms with van der Waals surface area (Å²) < 4.78 is 0. The van der Waals surface area contributed by atoms with Crippen LogP contribution in [0.2, 0.25) is 0 Å². The summed E-state index contributed by atoms with van der Waals surface area (Å²) in [6.45, 7) is 5.94. The molecule has 1 aliphatic carbocycles. The summed E-state index contributed by atoms with van der Waals surface area (Å²) in [5, 5.41) is 4.54. The van der Waals surface area contributed by atoms with Gasteiger partial charge in [0.2, 0.25) is 0 Å². The van der Waals surface area contributed by atoms with Crippen LogP contribution in [0.1, 0.15) is 39.5 Å². The van der Waals surface area contributed by atoms with Crippen molar-refractivity contribution < 1.29 is 0 Å². The van der Waals surface area contributed by atoms with Crippen LogP contribution >= 0.6 is 11.8 Å². The molecule has 1 spiro atoms. The minimum absolute atomic E-state index is 0.492. The fourth-order valence-corrected chi connectivity index (χ4v) is 3.90. The van der Waals surface area contributed by atoms with E-state index >= 15 is 0 Å². The smallest absolute Gasteiger partial charge is 0.0648 e. The van der Waals surface area contributed by atoms with Gasteiger partial charge in [0.1, 0.15) is 0 Å². The molecular weight excluding hydrogens is 166 g/mol. The van der Waals surface area contributed by atoms with Gasteiger partial charge >= 0.3 is 0 Å². The molecule has 70 valence electrons. The molecule has 0 amide bonds. The number of nitrogens with one attached hydrogen (secondary N) is 1. The molecule has 0 aromatic heterocycles. The quantitative estimate of drug-likeness (QED) is 0.622. The van der Waals surface area contributed by atoms with Gasteiger partial charge in [-0.05, 0) is 31.6 Å². The molecule has 0 radical (unpaired) electrons. The third-order valence-electron chi connectivity index (χ3n) is 3.22. The first-order chi connectivity index (χ1) is 5.70. The van der Waals surface area contributed by atoms with Crippen LogP contribution in [0, 0.1) is 5.92 Å². The molecule has 1 heterocycles. The van der Waals surface area contributed by atoms with Crippen LogP contribution in [0.15, 0.2) is 0 Å². The molecule has 2 heteroatoms. The molecule has 1 N–H and O–H groups in total. The summed E-state index contributed by atoms with van der Waals surface area (Å²) in [6.07, 6.45) is 5.63. The first-order valence-electron chi connectivity index (χ1n) is 5.13. The predicted molar refractivity (Wildman–Crippen MR) is 55.4 cm³/mol. The zero-order valence-corrected chi connectivity index (χ0v) is 8.91. The van der Waals surface area contributed by atoms with E-state index in [-0.39, 0.29) is 0 Å². The summed E-state index contributed by atoms with van der Waals surface area (Å²) in [5.74, 6) is 0.967. The second-order valence-corrected chi connectivity index (χ2v) is 6.31. The van der Waals surface area contributed by atoms with Crippen LogP contribution in [0.3, 0.4) is 0 Å². The van der Waals surface area contributed by atoms with Crippen molar-refractivity contribution in [3.63, 3.8) is 0 Å². The highest BCUT2D eigenvalue weighted by Gasteiger charge is 2.39. The molecule has 2 aliphatic rings. The Hall–Kier alpha value is 0.310. The molecule has 0 aromatic carbocycles. The molecule has 0 aromatic rings. The molecule has 2 fully saturated rings. The maximum atomic E-state index is 3.71. The van der Waals surface area contributed by atoms with Crippen LogP contribution in [-0.4, -0.2) is 16.7 Å².